The lowest BCUT2D eigenvalue weighted by Crippen LogP contribution is -2.34. The monoisotopic (exact) mass is 376 g/mol. The maximum absolute atomic E-state index is 12.6. The summed E-state index contributed by atoms with van der Waals surface area (Å²) in [5, 5.41) is 0. The molecule has 1 aromatic carbocycles. The quantitative estimate of drug-likeness (QED) is 0.462. The molecule has 7 heteroatoms. The highest BCUT2D eigenvalue weighted by Gasteiger charge is 2.44. The van der Waals surface area contributed by atoms with Gasteiger partial charge in [-0.25, -0.2) is 12.8 Å². The Balaban J connectivity index is 3.18. The van der Waals surface area contributed by atoms with Crippen LogP contribution < -0.4 is 0 Å². The Labute approximate surface area is 111 Å². The number of carbonyl (C=O) groups is 1. The standard InChI is InChI=1S/C9H7ClFIO3S/c1-16(14,15)9(10,12)8(13)6-2-4-7(11)5-3-6/h2-5H,1H3/t9-/m0/s1. The number of sulfone groups is 1. The first kappa shape index (κ1) is 13.9. The molecule has 88 valence electrons. The molecule has 0 N–H and O–H groups in total. The molecule has 0 amide bonds. The minimum atomic E-state index is -3.75. The Hall–Kier alpha value is -0.210. The fraction of sp³-hybridized carbons (Fsp3) is 0.222. The first-order valence-electron chi connectivity index (χ1n) is 4.04. The van der Waals surface area contributed by atoms with E-state index in [2.05, 4.69) is 0 Å². The Morgan fingerprint density at radius 2 is 1.81 bits per heavy atom. The van der Waals surface area contributed by atoms with Gasteiger partial charge in [0.15, 0.2) is 9.84 Å². The van der Waals surface area contributed by atoms with Crippen LogP contribution in [-0.4, -0.2) is 22.7 Å². The van der Waals surface area contributed by atoms with Crippen LogP contribution >= 0.6 is 34.2 Å². The van der Waals surface area contributed by atoms with Crippen molar-refractivity contribution in [2.24, 2.45) is 0 Å². The minimum Gasteiger partial charge on any atom is -0.290 e. The lowest BCUT2D eigenvalue weighted by molar-refractivity contribution is 0.100. The second-order valence-corrected chi connectivity index (χ2v) is 9.06. The fourth-order valence-electron chi connectivity index (χ4n) is 0.938. The van der Waals surface area contributed by atoms with Crippen molar-refractivity contribution in [1.82, 2.24) is 0 Å². The predicted octanol–water partition coefficient (Wildman–Crippen LogP) is 2.38. The van der Waals surface area contributed by atoms with Gasteiger partial charge in [0.05, 0.1) is 0 Å². The number of hydrogen-bond acceptors (Lipinski definition) is 3. The molecule has 3 nitrogen and oxygen atoms in total. The SMILES string of the molecule is CS(=O)(=O)[C@@](Cl)(I)C(=O)c1ccc(F)cc1. The number of rotatable bonds is 3. The maximum atomic E-state index is 12.6. The largest absolute Gasteiger partial charge is 0.290 e. The number of Topliss-reactive ketones (excluding diaryl/α,β-unsaturated/α-hetero) is 1. The molecule has 0 bridgehead atoms. The molecule has 1 atom stereocenters. The number of hydrogen-bond donors (Lipinski definition) is 0. The Kier molecular flexibility index (Phi) is 3.96. The van der Waals surface area contributed by atoms with Crippen molar-refractivity contribution in [2.45, 2.75) is 2.21 Å². The number of halogens is 3. The molecular formula is C9H7ClFIO3S. The Morgan fingerprint density at radius 3 is 2.19 bits per heavy atom. The normalized spacial score (nSPS) is 15.5. The summed E-state index contributed by atoms with van der Waals surface area (Å²) in [4.78, 5) is 11.8. The maximum Gasteiger partial charge on any atom is 0.257 e. The van der Waals surface area contributed by atoms with E-state index in [0.717, 1.165) is 18.4 Å². The van der Waals surface area contributed by atoms with Gasteiger partial charge in [-0.2, -0.15) is 0 Å². The summed E-state index contributed by atoms with van der Waals surface area (Å²) in [6.07, 6.45) is 0.869. The summed E-state index contributed by atoms with van der Waals surface area (Å²) in [6, 6.07) is 4.52. The van der Waals surface area contributed by atoms with Crippen LogP contribution in [0.25, 0.3) is 0 Å². The van der Waals surface area contributed by atoms with Crippen molar-refractivity contribution >= 4 is 49.8 Å². The molecule has 1 aromatic rings. The highest BCUT2D eigenvalue weighted by Crippen LogP contribution is 2.34. The molecule has 0 heterocycles. The Morgan fingerprint density at radius 1 is 1.38 bits per heavy atom. The van der Waals surface area contributed by atoms with E-state index in [1.807, 2.05) is 0 Å². The molecule has 0 aromatic heterocycles. The summed E-state index contributed by atoms with van der Waals surface area (Å²) in [5.74, 6) is -1.29. The van der Waals surface area contributed by atoms with Crippen LogP contribution in [0.4, 0.5) is 4.39 Å². The van der Waals surface area contributed by atoms with Gasteiger partial charge in [-0.3, -0.25) is 4.79 Å². The van der Waals surface area contributed by atoms with Crippen LogP contribution in [0, 0.1) is 5.82 Å². The van der Waals surface area contributed by atoms with Gasteiger partial charge in [-0.1, -0.05) is 11.6 Å². The first-order chi connectivity index (χ1) is 7.16. The van der Waals surface area contributed by atoms with Crippen molar-refractivity contribution in [1.29, 1.82) is 0 Å². The molecule has 0 fully saturated rings. The first-order valence-corrected chi connectivity index (χ1v) is 7.39. The second-order valence-electron chi connectivity index (χ2n) is 3.12. The summed E-state index contributed by atoms with van der Waals surface area (Å²) in [6.45, 7) is 0. The zero-order valence-electron chi connectivity index (χ0n) is 8.08. The van der Waals surface area contributed by atoms with Gasteiger partial charge in [0, 0.05) is 11.8 Å². The van der Waals surface area contributed by atoms with Crippen LogP contribution in [-0.2, 0) is 9.84 Å². The van der Waals surface area contributed by atoms with Crippen molar-refractivity contribution in [3.05, 3.63) is 35.6 Å². The van der Waals surface area contributed by atoms with E-state index in [0.29, 0.717) is 0 Å². The minimum absolute atomic E-state index is 0.0521. The lowest BCUT2D eigenvalue weighted by atomic mass is 10.1. The molecule has 0 spiro atoms. The van der Waals surface area contributed by atoms with Crippen molar-refractivity contribution < 1.29 is 17.6 Å². The van der Waals surface area contributed by atoms with Gasteiger partial charge in [0.1, 0.15) is 5.82 Å². The van der Waals surface area contributed by atoms with Crippen LogP contribution in [0.3, 0.4) is 0 Å². The van der Waals surface area contributed by atoms with Gasteiger partial charge < -0.3 is 0 Å². The highest BCUT2D eigenvalue weighted by atomic mass is 127. The summed E-state index contributed by atoms with van der Waals surface area (Å²) < 4.78 is 33.2. The smallest absolute Gasteiger partial charge is 0.257 e. The molecule has 16 heavy (non-hydrogen) atoms. The average Bonchev–Trinajstić information content (AvgIpc) is 2.16. The third-order valence-corrected chi connectivity index (χ3v) is 6.86. The Bertz CT molecular complexity index is 510. The number of alkyl halides is 2. The second kappa shape index (κ2) is 4.58. The van der Waals surface area contributed by atoms with Crippen molar-refractivity contribution in [3.8, 4) is 0 Å². The third kappa shape index (κ3) is 2.72. The van der Waals surface area contributed by atoms with E-state index in [-0.39, 0.29) is 5.56 Å². The van der Waals surface area contributed by atoms with Gasteiger partial charge >= 0.3 is 0 Å². The third-order valence-electron chi connectivity index (χ3n) is 1.84. The molecule has 0 saturated heterocycles. The van der Waals surface area contributed by atoms with Crippen LogP contribution in [0.15, 0.2) is 24.3 Å². The van der Waals surface area contributed by atoms with E-state index < -0.39 is 23.7 Å². The zero-order chi connectivity index (χ0) is 12.6. The highest BCUT2D eigenvalue weighted by molar-refractivity contribution is 14.1. The molecule has 0 saturated carbocycles. The van der Waals surface area contributed by atoms with E-state index in [4.69, 9.17) is 11.6 Å². The lowest BCUT2D eigenvalue weighted by Gasteiger charge is -2.16. The van der Waals surface area contributed by atoms with Gasteiger partial charge in [-0.15, -0.1) is 0 Å². The molecule has 0 aliphatic heterocycles. The average molecular weight is 377 g/mol. The van der Waals surface area contributed by atoms with E-state index in [1.165, 1.54) is 34.7 Å². The topological polar surface area (TPSA) is 51.2 Å². The van der Waals surface area contributed by atoms with Crippen LogP contribution in [0.1, 0.15) is 10.4 Å². The summed E-state index contributed by atoms with van der Waals surface area (Å²) in [5.41, 5.74) is 0.0521. The number of carbonyl (C=O) groups excluding carboxylic acids is 1. The van der Waals surface area contributed by atoms with E-state index in [9.17, 15) is 17.6 Å². The van der Waals surface area contributed by atoms with E-state index in [1.54, 1.807) is 0 Å². The van der Waals surface area contributed by atoms with Crippen molar-refractivity contribution in [3.63, 3.8) is 0 Å². The predicted molar refractivity (Wildman–Crippen MR) is 68.2 cm³/mol. The summed E-state index contributed by atoms with van der Waals surface area (Å²) >= 11 is 7.05. The number of benzene rings is 1. The van der Waals surface area contributed by atoms with E-state index >= 15 is 0 Å². The van der Waals surface area contributed by atoms with Crippen LogP contribution in [0.2, 0.25) is 0 Å². The summed E-state index contributed by atoms with van der Waals surface area (Å²) in [7, 11) is -3.75. The molecular weight excluding hydrogens is 370 g/mol. The van der Waals surface area contributed by atoms with Crippen LogP contribution in [0.5, 0.6) is 0 Å². The van der Waals surface area contributed by atoms with Crippen molar-refractivity contribution in [2.75, 3.05) is 6.26 Å². The molecule has 0 aliphatic rings. The fourth-order valence-corrected chi connectivity index (χ4v) is 1.81. The van der Waals surface area contributed by atoms with Gasteiger partial charge in [-0.05, 0) is 46.9 Å². The molecule has 0 unspecified atom stereocenters. The van der Waals surface area contributed by atoms with Gasteiger partial charge in [0.2, 0.25) is 5.78 Å². The zero-order valence-corrected chi connectivity index (χ0v) is 11.8. The molecule has 0 aliphatic carbocycles. The molecule has 1 rings (SSSR count). The van der Waals surface area contributed by atoms with Gasteiger partial charge in [0.25, 0.3) is 2.21 Å². The molecule has 0 radical (unpaired) electrons. The number of ketones is 1.